The van der Waals surface area contributed by atoms with Gasteiger partial charge in [-0.3, -0.25) is 0 Å². The number of benzene rings is 1. The third-order valence-electron chi connectivity index (χ3n) is 1.99. The Morgan fingerprint density at radius 3 is 2.06 bits per heavy atom. The molecule has 0 saturated heterocycles. The summed E-state index contributed by atoms with van der Waals surface area (Å²) in [5, 5.41) is -0.582. The first-order valence-electron chi connectivity index (χ1n) is 4.21. The zero-order valence-electron chi connectivity index (χ0n) is 8.03. The van der Waals surface area contributed by atoms with Crippen molar-refractivity contribution >= 4 is 17.3 Å². The molecular formula is C9H6ClF6N. The predicted molar refractivity (Wildman–Crippen MR) is 50.7 cm³/mol. The zero-order valence-corrected chi connectivity index (χ0v) is 8.79. The van der Waals surface area contributed by atoms with E-state index < -0.39 is 28.9 Å². The molecule has 0 bridgehead atoms. The highest BCUT2D eigenvalue weighted by Gasteiger charge is 2.63. The van der Waals surface area contributed by atoms with E-state index in [1.54, 1.807) is 0 Å². The molecular weight excluding hydrogens is 272 g/mol. The van der Waals surface area contributed by atoms with Crippen molar-refractivity contribution in [2.24, 2.45) is 0 Å². The summed E-state index contributed by atoms with van der Waals surface area (Å²) in [6, 6.07) is 2.58. The lowest BCUT2D eigenvalue weighted by Gasteiger charge is -2.23. The van der Waals surface area contributed by atoms with Crippen LogP contribution in [0.1, 0.15) is 11.7 Å². The average molecular weight is 278 g/mol. The molecule has 0 spiro atoms. The standard InChI is InChI=1S/C9H6ClF6N/c10-6-3-4(17)1-2-5(6)7(11)8(12,13)9(14,15)16/h1-3,7H,17H2. The third-order valence-corrected chi connectivity index (χ3v) is 2.32. The molecule has 0 aliphatic carbocycles. The highest BCUT2D eigenvalue weighted by Crippen LogP contribution is 2.47. The highest BCUT2D eigenvalue weighted by molar-refractivity contribution is 6.31. The van der Waals surface area contributed by atoms with Crippen LogP contribution in [0.25, 0.3) is 0 Å². The summed E-state index contributed by atoms with van der Waals surface area (Å²) in [5.41, 5.74) is 4.28. The normalized spacial score (nSPS) is 14.8. The van der Waals surface area contributed by atoms with Gasteiger partial charge in [0.25, 0.3) is 0 Å². The van der Waals surface area contributed by atoms with Crippen molar-refractivity contribution in [3.05, 3.63) is 28.8 Å². The van der Waals surface area contributed by atoms with Gasteiger partial charge in [0, 0.05) is 16.3 Å². The molecule has 17 heavy (non-hydrogen) atoms. The van der Waals surface area contributed by atoms with Crippen LogP contribution in [0.5, 0.6) is 0 Å². The van der Waals surface area contributed by atoms with Crippen LogP contribution < -0.4 is 5.73 Å². The van der Waals surface area contributed by atoms with Gasteiger partial charge in [0.15, 0.2) is 6.17 Å². The summed E-state index contributed by atoms with van der Waals surface area (Å²) in [6.45, 7) is 0. The van der Waals surface area contributed by atoms with Crippen LogP contribution >= 0.6 is 11.6 Å². The summed E-state index contributed by atoms with van der Waals surface area (Å²) in [7, 11) is 0. The zero-order chi connectivity index (χ0) is 13.4. The van der Waals surface area contributed by atoms with Gasteiger partial charge in [0.05, 0.1) is 0 Å². The largest absolute Gasteiger partial charge is 0.456 e. The van der Waals surface area contributed by atoms with E-state index in [9.17, 15) is 26.3 Å². The summed E-state index contributed by atoms with van der Waals surface area (Å²) in [5.74, 6) is -5.51. The molecule has 1 rings (SSSR count). The number of alkyl halides is 6. The van der Waals surface area contributed by atoms with Gasteiger partial charge in [-0.05, 0) is 12.1 Å². The van der Waals surface area contributed by atoms with Gasteiger partial charge < -0.3 is 5.73 Å². The Balaban J connectivity index is 3.17. The Labute approximate surface area is 97.2 Å². The van der Waals surface area contributed by atoms with Gasteiger partial charge in [-0.1, -0.05) is 17.7 Å². The molecule has 0 fully saturated rings. The maximum atomic E-state index is 13.2. The fraction of sp³-hybridized carbons (Fsp3) is 0.333. The first-order valence-corrected chi connectivity index (χ1v) is 4.58. The van der Waals surface area contributed by atoms with E-state index >= 15 is 0 Å². The first-order chi connectivity index (χ1) is 7.57. The number of hydrogen-bond acceptors (Lipinski definition) is 1. The molecule has 2 N–H and O–H groups in total. The maximum Gasteiger partial charge on any atom is 0.456 e. The molecule has 1 atom stereocenters. The predicted octanol–water partition coefficient (Wildman–Crippen LogP) is 4.13. The van der Waals surface area contributed by atoms with E-state index in [-0.39, 0.29) is 5.69 Å². The van der Waals surface area contributed by atoms with Crippen LogP contribution in [0.4, 0.5) is 32.0 Å². The smallest absolute Gasteiger partial charge is 0.399 e. The van der Waals surface area contributed by atoms with Crippen molar-refractivity contribution < 1.29 is 26.3 Å². The second-order valence-corrected chi connectivity index (χ2v) is 3.67. The van der Waals surface area contributed by atoms with Gasteiger partial charge in [-0.2, -0.15) is 22.0 Å². The first kappa shape index (κ1) is 14.0. The van der Waals surface area contributed by atoms with Gasteiger partial charge >= 0.3 is 12.1 Å². The van der Waals surface area contributed by atoms with E-state index in [1.165, 1.54) is 0 Å². The van der Waals surface area contributed by atoms with E-state index in [0.717, 1.165) is 12.1 Å². The number of rotatable bonds is 2. The van der Waals surface area contributed by atoms with Crippen molar-refractivity contribution in [3.8, 4) is 0 Å². The summed E-state index contributed by atoms with van der Waals surface area (Å²) >= 11 is 5.36. The fourth-order valence-corrected chi connectivity index (χ4v) is 1.37. The number of nitrogens with two attached hydrogens (primary N) is 1. The van der Waals surface area contributed by atoms with Crippen LogP contribution in [0, 0.1) is 0 Å². The molecule has 0 saturated carbocycles. The minimum Gasteiger partial charge on any atom is -0.399 e. The lowest BCUT2D eigenvalue weighted by molar-refractivity contribution is -0.305. The van der Waals surface area contributed by atoms with Crippen LogP contribution in [0.2, 0.25) is 5.02 Å². The number of nitrogen functional groups attached to an aromatic ring is 1. The second kappa shape index (κ2) is 4.29. The maximum absolute atomic E-state index is 13.2. The molecule has 1 unspecified atom stereocenters. The Morgan fingerprint density at radius 1 is 1.12 bits per heavy atom. The molecule has 0 aliphatic rings. The average Bonchev–Trinajstić information content (AvgIpc) is 2.14. The molecule has 0 heterocycles. The van der Waals surface area contributed by atoms with Crippen LogP contribution in [-0.2, 0) is 0 Å². The lowest BCUT2D eigenvalue weighted by atomic mass is 10.0. The molecule has 0 aromatic heterocycles. The SMILES string of the molecule is Nc1ccc(C(F)C(F)(F)C(F)(F)F)c(Cl)c1. The summed E-state index contributed by atoms with van der Waals surface area (Å²) in [4.78, 5) is 0. The molecule has 96 valence electrons. The van der Waals surface area contributed by atoms with Gasteiger partial charge in [-0.25, -0.2) is 4.39 Å². The lowest BCUT2D eigenvalue weighted by Crippen LogP contribution is -2.40. The minimum absolute atomic E-state index is 0.0290. The van der Waals surface area contributed by atoms with Gasteiger partial charge in [-0.15, -0.1) is 0 Å². The molecule has 0 amide bonds. The van der Waals surface area contributed by atoms with Crippen LogP contribution in [-0.4, -0.2) is 12.1 Å². The van der Waals surface area contributed by atoms with Crippen LogP contribution in [0.3, 0.4) is 0 Å². The van der Waals surface area contributed by atoms with E-state index in [4.69, 9.17) is 17.3 Å². The molecule has 0 radical (unpaired) electrons. The third kappa shape index (κ3) is 2.59. The second-order valence-electron chi connectivity index (χ2n) is 3.26. The van der Waals surface area contributed by atoms with Crippen molar-refractivity contribution in [1.82, 2.24) is 0 Å². The van der Waals surface area contributed by atoms with Crippen LogP contribution in [0.15, 0.2) is 18.2 Å². The number of halogens is 7. The Bertz CT molecular complexity index is 416. The molecule has 0 aliphatic heterocycles. The van der Waals surface area contributed by atoms with Gasteiger partial charge in [0.2, 0.25) is 0 Å². The van der Waals surface area contributed by atoms with Crippen molar-refractivity contribution in [1.29, 1.82) is 0 Å². The Kier molecular flexibility index (Phi) is 3.52. The number of hydrogen-bond donors (Lipinski definition) is 1. The quantitative estimate of drug-likeness (QED) is 0.638. The van der Waals surface area contributed by atoms with E-state index in [1.807, 2.05) is 0 Å². The topological polar surface area (TPSA) is 26.0 Å². The van der Waals surface area contributed by atoms with E-state index in [0.29, 0.717) is 6.07 Å². The van der Waals surface area contributed by atoms with Crippen molar-refractivity contribution in [3.63, 3.8) is 0 Å². The Hall–Kier alpha value is -1.11. The van der Waals surface area contributed by atoms with Crippen molar-refractivity contribution in [2.45, 2.75) is 18.3 Å². The Morgan fingerprint density at radius 2 is 1.65 bits per heavy atom. The number of anilines is 1. The van der Waals surface area contributed by atoms with Crippen molar-refractivity contribution in [2.75, 3.05) is 5.73 Å². The minimum atomic E-state index is -5.99. The molecule has 1 aromatic rings. The monoisotopic (exact) mass is 277 g/mol. The highest BCUT2D eigenvalue weighted by atomic mass is 35.5. The molecule has 8 heteroatoms. The van der Waals surface area contributed by atoms with E-state index in [2.05, 4.69) is 0 Å². The van der Waals surface area contributed by atoms with Gasteiger partial charge in [0.1, 0.15) is 0 Å². The molecule has 1 nitrogen and oxygen atoms in total. The molecule has 1 aromatic carbocycles. The summed E-state index contributed by atoms with van der Waals surface area (Å²) in [6.07, 6.45) is -9.56. The fourth-order valence-electron chi connectivity index (χ4n) is 1.09. The summed E-state index contributed by atoms with van der Waals surface area (Å²) < 4.78 is 74.4.